The first kappa shape index (κ1) is 22.0. The zero-order valence-electron chi connectivity index (χ0n) is 19.8. The zero-order valence-corrected chi connectivity index (χ0v) is 19.8. The van der Waals surface area contributed by atoms with Gasteiger partial charge in [-0.1, -0.05) is 29.8 Å². The summed E-state index contributed by atoms with van der Waals surface area (Å²) >= 11 is 0. The van der Waals surface area contributed by atoms with Crippen molar-refractivity contribution in [1.82, 2.24) is 9.55 Å². The smallest absolute Gasteiger partial charge is 0.227 e. The number of benzene rings is 3. The molecule has 1 aromatic heterocycles. The number of para-hydroxylation sites is 2. The average Bonchev–Trinajstić information content (AvgIpc) is 3.40. The minimum Gasteiger partial charge on any atom is -0.497 e. The number of methoxy groups -OCH3 is 1. The molecule has 6 heteroatoms. The second-order valence-electron chi connectivity index (χ2n) is 8.83. The van der Waals surface area contributed by atoms with Gasteiger partial charge in [-0.3, -0.25) is 4.79 Å². The highest BCUT2D eigenvalue weighted by molar-refractivity contribution is 5.97. The molecule has 0 aliphatic carbocycles. The number of carbonyl (C=O) groups is 1. The van der Waals surface area contributed by atoms with Crippen LogP contribution in [0.5, 0.6) is 11.5 Å². The fourth-order valence-electron chi connectivity index (χ4n) is 4.79. The molecule has 0 saturated carbocycles. The molecular weight excluding hydrogens is 426 g/mol. The molecule has 3 aromatic carbocycles. The Bertz CT molecular complexity index is 1330. The van der Waals surface area contributed by atoms with Crippen LogP contribution >= 0.6 is 0 Å². The number of amides is 1. The Balaban J connectivity index is 1.38. The SMILES string of the molecule is COc1ccc(OCCn2c([C@H]3CC(=O)N(c4ccc(C)cc4C)C3)nc3ccccc32)cc1. The summed E-state index contributed by atoms with van der Waals surface area (Å²) in [6.45, 7) is 5.92. The number of aromatic nitrogens is 2. The van der Waals surface area contributed by atoms with E-state index in [2.05, 4.69) is 42.7 Å². The van der Waals surface area contributed by atoms with Gasteiger partial charge >= 0.3 is 0 Å². The van der Waals surface area contributed by atoms with Crippen molar-refractivity contribution in [3.63, 3.8) is 0 Å². The number of hydrogen-bond acceptors (Lipinski definition) is 4. The summed E-state index contributed by atoms with van der Waals surface area (Å²) in [6, 6.07) is 22.0. The summed E-state index contributed by atoms with van der Waals surface area (Å²) in [4.78, 5) is 19.9. The summed E-state index contributed by atoms with van der Waals surface area (Å²) in [6.07, 6.45) is 0.454. The lowest BCUT2D eigenvalue weighted by Gasteiger charge is -2.20. The molecule has 4 aromatic rings. The molecule has 0 spiro atoms. The third-order valence-corrected chi connectivity index (χ3v) is 6.46. The fraction of sp³-hybridized carbons (Fsp3) is 0.286. The first-order valence-electron chi connectivity index (χ1n) is 11.6. The maximum Gasteiger partial charge on any atom is 0.227 e. The predicted octanol–water partition coefficient (Wildman–Crippen LogP) is 5.26. The van der Waals surface area contributed by atoms with Crippen molar-refractivity contribution in [3.8, 4) is 11.5 Å². The normalized spacial score (nSPS) is 15.8. The van der Waals surface area contributed by atoms with Crippen LogP contribution in [0.25, 0.3) is 11.0 Å². The lowest BCUT2D eigenvalue weighted by Crippen LogP contribution is -2.25. The van der Waals surface area contributed by atoms with Gasteiger partial charge in [-0.05, 0) is 61.9 Å². The van der Waals surface area contributed by atoms with Crippen molar-refractivity contribution >= 4 is 22.6 Å². The third-order valence-electron chi connectivity index (χ3n) is 6.46. The molecule has 1 fully saturated rings. The number of nitrogens with zero attached hydrogens (tertiary/aromatic N) is 3. The van der Waals surface area contributed by atoms with E-state index in [0.717, 1.165) is 39.6 Å². The quantitative estimate of drug-likeness (QED) is 0.381. The van der Waals surface area contributed by atoms with Crippen LogP contribution in [0.2, 0.25) is 0 Å². The number of hydrogen-bond donors (Lipinski definition) is 0. The summed E-state index contributed by atoms with van der Waals surface area (Å²) in [7, 11) is 1.65. The Morgan fingerprint density at radius 3 is 2.53 bits per heavy atom. The highest BCUT2D eigenvalue weighted by Crippen LogP contribution is 2.34. The van der Waals surface area contributed by atoms with Gasteiger partial charge < -0.3 is 18.9 Å². The van der Waals surface area contributed by atoms with Crippen LogP contribution in [0, 0.1) is 13.8 Å². The monoisotopic (exact) mass is 455 g/mol. The van der Waals surface area contributed by atoms with Crippen molar-refractivity contribution in [2.75, 3.05) is 25.2 Å². The number of carbonyl (C=O) groups excluding carboxylic acids is 1. The van der Waals surface area contributed by atoms with Gasteiger partial charge in [0.2, 0.25) is 5.91 Å². The van der Waals surface area contributed by atoms with Crippen molar-refractivity contribution in [2.24, 2.45) is 0 Å². The van der Waals surface area contributed by atoms with Gasteiger partial charge in [-0.25, -0.2) is 4.98 Å². The van der Waals surface area contributed by atoms with Gasteiger partial charge in [-0.15, -0.1) is 0 Å². The van der Waals surface area contributed by atoms with Crippen molar-refractivity contribution in [2.45, 2.75) is 32.7 Å². The Morgan fingerprint density at radius 2 is 1.76 bits per heavy atom. The molecule has 0 bridgehead atoms. The van der Waals surface area contributed by atoms with E-state index in [0.29, 0.717) is 26.1 Å². The van der Waals surface area contributed by atoms with E-state index in [1.807, 2.05) is 47.4 Å². The van der Waals surface area contributed by atoms with E-state index in [1.54, 1.807) is 7.11 Å². The molecular formula is C28H29N3O3. The summed E-state index contributed by atoms with van der Waals surface area (Å²) in [5.74, 6) is 2.71. The van der Waals surface area contributed by atoms with E-state index in [-0.39, 0.29) is 11.8 Å². The van der Waals surface area contributed by atoms with Crippen LogP contribution in [0.1, 0.15) is 29.3 Å². The standard InChI is InChI=1S/C28H29N3O3/c1-19-8-13-25(20(2)16-19)31-18-21(17-27(31)32)28-29-24-6-4-5-7-26(24)30(28)14-15-34-23-11-9-22(33-3)10-12-23/h4-13,16,21H,14-15,17-18H2,1-3H3/t21-/m0/s1. The first-order chi connectivity index (χ1) is 16.5. The molecule has 1 saturated heterocycles. The molecule has 1 aliphatic heterocycles. The largest absolute Gasteiger partial charge is 0.497 e. The highest BCUT2D eigenvalue weighted by atomic mass is 16.5. The number of aryl methyl sites for hydroxylation is 2. The Hall–Kier alpha value is -3.80. The van der Waals surface area contributed by atoms with Gasteiger partial charge in [0, 0.05) is 24.6 Å². The van der Waals surface area contributed by atoms with Crippen molar-refractivity contribution in [1.29, 1.82) is 0 Å². The maximum absolute atomic E-state index is 13.0. The number of ether oxygens (including phenoxy) is 2. The molecule has 34 heavy (non-hydrogen) atoms. The number of imidazole rings is 1. The summed E-state index contributed by atoms with van der Waals surface area (Å²) < 4.78 is 13.4. The van der Waals surface area contributed by atoms with Crippen LogP contribution in [0.3, 0.4) is 0 Å². The number of anilines is 1. The maximum atomic E-state index is 13.0. The van der Waals surface area contributed by atoms with E-state index in [1.165, 1.54) is 5.56 Å². The zero-order chi connectivity index (χ0) is 23.7. The third kappa shape index (κ3) is 4.23. The topological polar surface area (TPSA) is 56.6 Å². The molecule has 0 radical (unpaired) electrons. The lowest BCUT2D eigenvalue weighted by atomic mass is 10.1. The minimum atomic E-state index is 0.0292. The van der Waals surface area contributed by atoms with Crippen LogP contribution in [0.4, 0.5) is 5.69 Å². The molecule has 2 heterocycles. The summed E-state index contributed by atoms with van der Waals surface area (Å²) in [5.41, 5.74) is 5.31. The van der Waals surface area contributed by atoms with E-state index >= 15 is 0 Å². The number of fused-ring (bicyclic) bond motifs is 1. The van der Waals surface area contributed by atoms with Crippen LogP contribution < -0.4 is 14.4 Å². The molecule has 174 valence electrons. The summed E-state index contributed by atoms with van der Waals surface area (Å²) in [5, 5.41) is 0. The minimum absolute atomic E-state index is 0.0292. The van der Waals surface area contributed by atoms with Crippen molar-refractivity contribution < 1.29 is 14.3 Å². The Labute approximate surface area is 199 Å². The molecule has 0 N–H and O–H groups in total. The Kier molecular flexibility index (Phi) is 5.97. The van der Waals surface area contributed by atoms with Gasteiger partial charge in [-0.2, -0.15) is 0 Å². The van der Waals surface area contributed by atoms with Crippen molar-refractivity contribution in [3.05, 3.63) is 83.7 Å². The van der Waals surface area contributed by atoms with Gasteiger partial charge in [0.1, 0.15) is 23.9 Å². The molecule has 1 amide bonds. The molecule has 5 rings (SSSR count). The van der Waals surface area contributed by atoms with E-state index in [9.17, 15) is 4.79 Å². The fourth-order valence-corrected chi connectivity index (χ4v) is 4.79. The van der Waals surface area contributed by atoms with Gasteiger partial charge in [0.15, 0.2) is 0 Å². The van der Waals surface area contributed by atoms with Gasteiger partial charge in [0.25, 0.3) is 0 Å². The second kappa shape index (κ2) is 9.21. The molecule has 1 atom stereocenters. The highest BCUT2D eigenvalue weighted by Gasteiger charge is 2.35. The average molecular weight is 456 g/mol. The van der Waals surface area contributed by atoms with Crippen LogP contribution in [-0.2, 0) is 11.3 Å². The van der Waals surface area contributed by atoms with Gasteiger partial charge in [0.05, 0.1) is 24.7 Å². The predicted molar refractivity (Wildman–Crippen MR) is 134 cm³/mol. The second-order valence-corrected chi connectivity index (χ2v) is 8.83. The van der Waals surface area contributed by atoms with Crippen LogP contribution in [-0.4, -0.2) is 35.7 Å². The Morgan fingerprint density at radius 1 is 1.00 bits per heavy atom. The molecule has 1 aliphatic rings. The van der Waals surface area contributed by atoms with E-state index < -0.39 is 0 Å². The number of rotatable bonds is 7. The van der Waals surface area contributed by atoms with E-state index in [4.69, 9.17) is 14.5 Å². The first-order valence-corrected chi connectivity index (χ1v) is 11.6. The molecule has 6 nitrogen and oxygen atoms in total. The lowest BCUT2D eigenvalue weighted by molar-refractivity contribution is -0.117. The molecule has 0 unspecified atom stereocenters. The van der Waals surface area contributed by atoms with Crippen LogP contribution in [0.15, 0.2) is 66.7 Å².